The van der Waals surface area contributed by atoms with E-state index in [2.05, 4.69) is 26.0 Å². The summed E-state index contributed by atoms with van der Waals surface area (Å²) in [4.78, 5) is 23.2. The second-order valence-electron chi connectivity index (χ2n) is 18.0. The molecule has 0 aromatic heterocycles. The lowest BCUT2D eigenvalue weighted by Gasteiger charge is -2.41. The Bertz CT molecular complexity index is 1080. The van der Waals surface area contributed by atoms with Gasteiger partial charge in [-0.05, 0) is 38.5 Å². The van der Waals surface area contributed by atoms with Crippen LogP contribution in [0.2, 0.25) is 0 Å². The van der Waals surface area contributed by atoms with Crippen LogP contribution in [-0.4, -0.2) is 98.9 Å². The molecule has 0 bridgehead atoms. The molecule has 1 saturated carbocycles. The van der Waals surface area contributed by atoms with Crippen LogP contribution in [0.1, 0.15) is 232 Å². The number of aliphatic hydroxyl groups excluding tert-OH is 5. The van der Waals surface area contributed by atoms with Crippen LogP contribution >= 0.6 is 7.82 Å². The van der Waals surface area contributed by atoms with Crippen LogP contribution in [0.15, 0.2) is 12.2 Å². The average Bonchev–Trinajstić information content (AvgIpc) is 3.26. The molecule has 0 aromatic carbocycles. The normalized spacial score (nSPS) is 22.0. The molecule has 1 fully saturated rings. The van der Waals surface area contributed by atoms with E-state index in [1.165, 1.54) is 154 Å². The molecule has 0 amide bonds. The van der Waals surface area contributed by atoms with Crippen LogP contribution in [0.25, 0.3) is 0 Å². The van der Waals surface area contributed by atoms with Crippen molar-refractivity contribution in [3.8, 4) is 0 Å². The molecule has 6 unspecified atom stereocenters. The summed E-state index contributed by atoms with van der Waals surface area (Å²) in [5.41, 5.74) is 0. The van der Waals surface area contributed by atoms with Crippen molar-refractivity contribution in [2.75, 3.05) is 19.8 Å². The maximum Gasteiger partial charge on any atom is 0.472 e. The zero-order chi connectivity index (χ0) is 45.5. The molecular weight excluding hydrogens is 812 g/mol. The number of ether oxygens (including phenoxy) is 2. The first kappa shape index (κ1) is 59.1. The summed E-state index contributed by atoms with van der Waals surface area (Å²) in [6.45, 7) is 4.26. The van der Waals surface area contributed by atoms with Gasteiger partial charge in [-0.2, -0.15) is 0 Å². The fourth-order valence-electron chi connectivity index (χ4n) is 8.06. The first-order valence-corrected chi connectivity index (χ1v) is 27.0. The van der Waals surface area contributed by atoms with Crippen LogP contribution in [0.3, 0.4) is 0 Å². The predicted molar refractivity (Wildman–Crippen MR) is 249 cm³/mol. The van der Waals surface area contributed by atoms with E-state index < -0.39 is 63.1 Å². The molecule has 0 aromatic rings. The third-order valence-electron chi connectivity index (χ3n) is 12.1. The second kappa shape index (κ2) is 40.4. The summed E-state index contributed by atoms with van der Waals surface area (Å²) in [5.74, 6) is -0.474. The van der Waals surface area contributed by atoms with E-state index in [4.69, 9.17) is 18.5 Å². The third kappa shape index (κ3) is 31.9. The largest absolute Gasteiger partial charge is 0.472 e. The third-order valence-corrected chi connectivity index (χ3v) is 13.1. The number of carbonyl (C=O) groups excluding carboxylic acids is 1. The van der Waals surface area contributed by atoms with Crippen molar-refractivity contribution >= 4 is 13.8 Å². The van der Waals surface area contributed by atoms with Crippen molar-refractivity contribution in [3.05, 3.63) is 12.2 Å². The zero-order valence-corrected chi connectivity index (χ0v) is 40.3. The van der Waals surface area contributed by atoms with Gasteiger partial charge in [0.1, 0.15) is 42.7 Å². The molecule has 1 rings (SSSR count). The quantitative estimate of drug-likeness (QED) is 0.0147. The molecule has 0 spiro atoms. The van der Waals surface area contributed by atoms with E-state index in [0.29, 0.717) is 13.0 Å². The van der Waals surface area contributed by atoms with Crippen LogP contribution in [0, 0.1) is 0 Å². The van der Waals surface area contributed by atoms with Gasteiger partial charge in [0.05, 0.1) is 13.2 Å². The van der Waals surface area contributed by atoms with E-state index in [-0.39, 0.29) is 13.0 Å². The van der Waals surface area contributed by atoms with Crippen LogP contribution < -0.4 is 0 Å². The van der Waals surface area contributed by atoms with Gasteiger partial charge < -0.3 is 39.9 Å². The van der Waals surface area contributed by atoms with Crippen molar-refractivity contribution in [1.29, 1.82) is 0 Å². The van der Waals surface area contributed by atoms with Crippen LogP contribution in [0.4, 0.5) is 0 Å². The lowest BCUT2D eigenvalue weighted by atomic mass is 9.85. The molecule has 6 atom stereocenters. The smallest absolute Gasteiger partial charge is 0.457 e. The second-order valence-corrected chi connectivity index (χ2v) is 19.4. The summed E-state index contributed by atoms with van der Waals surface area (Å²) in [7, 11) is -5.02. The van der Waals surface area contributed by atoms with E-state index >= 15 is 0 Å². The molecule has 0 aliphatic heterocycles. The van der Waals surface area contributed by atoms with Gasteiger partial charge >= 0.3 is 13.8 Å². The van der Waals surface area contributed by atoms with Crippen molar-refractivity contribution in [1.82, 2.24) is 0 Å². The number of unbranched alkanes of at least 4 members (excludes halogenated alkanes) is 30. The average molecular weight is 907 g/mol. The van der Waals surface area contributed by atoms with Gasteiger partial charge in [-0.1, -0.05) is 199 Å². The van der Waals surface area contributed by atoms with Gasteiger partial charge in [0, 0.05) is 13.0 Å². The van der Waals surface area contributed by atoms with Crippen LogP contribution in [-0.2, 0) is 27.9 Å². The minimum Gasteiger partial charge on any atom is -0.457 e. The molecule has 1 aliphatic carbocycles. The molecule has 0 saturated heterocycles. The zero-order valence-electron chi connectivity index (χ0n) is 39.4. The van der Waals surface area contributed by atoms with E-state index in [1.54, 1.807) is 0 Å². The van der Waals surface area contributed by atoms with E-state index in [9.17, 15) is 39.8 Å². The van der Waals surface area contributed by atoms with Crippen molar-refractivity contribution < 1.29 is 58.3 Å². The first-order valence-electron chi connectivity index (χ1n) is 25.5. The fourth-order valence-corrected chi connectivity index (χ4v) is 9.03. The van der Waals surface area contributed by atoms with Gasteiger partial charge in [0.15, 0.2) is 0 Å². The summed E-state index contributed by atoms with van der Waals surface area (Å²) in [5, 5.41) is 50.2. The summed E-state index contributed by atoms with van der Waals surface area (Å²) >= 11 is 0. The van der Waals surface area contributed by atoms with Gasteiger partial charge in [-0.15, -0.1) is 0 Å². The lowest BCUT2D eigenvalue weighted by Crippen LogP contribution is -2.64. The highest BCUT2D eigenvalue weighted by Gasteiger charge is 2.51. The first-order chi connectivity index (χ1) is 30.0. The molecule has 12 nitrogen and oxygen atoms in total. The van der Waals surface area contributed by atoms with E-state index in [0.717, 1.165) is 51.4 Å². The number of hydrogen-bond acceptors (Lipinski definition) is 11. The Balaban J connectivity index is 2.30. The number of aliphatic hydroxyl groups is 5. The Labute approximate surface area is 377 Å². The highest BCUT2D eigenvalue weighted by atomic mass is 31.2. The number of hydrogen-bond donors (Lipinski definition) is 6. The molecule has 62 heavy (non-hydrogen) atoms. The Morgan fingerprint density at radius 2 is 0.855 bits per heavy atom. The maximum atomic E-state index is 12.8. The van der Waals surface area contributed by atoms with Crippen LogP contribution in [0.5, 0.6) is 0 Å². The number of phosphoric acid groups is 1. The Hall–Kier alpha value is -0.920. The monoisotopic (exact) mass is 907 g/mol. The standard InChI is InChI=1S/C49H95O12P/c1-3-5-7-9-11-13-15-17-18-19-20-21-22-23-24-25-26-28-30-32-34-36-38-43(50)60-42(40-58-39-37-35-33-31-29-27-16-14-12-10-8-6-4-2)41-59-62(56,57)61-49-47(54)45(52)44(51)46(53)48(49)55/h12,14,42,44-49,51-55H,3-11,13,15-41H2,1-2H3,(H,56,57)/b14-12-. The molecule has 6 N–H and O–H groups in total. The summed E-state index contributed by atoms with van der Waals surface area (Å²) < 4.78 is 34.2. The number of rotatable bonds is 44. The molecule has 13 heteroatoms. The SMILES string of the molecule is CCCCC/C=C\CCCCCCCCOCC(COP(=O)(O)OC1C(O)C(O)C(O)C(O)C1O)OC(=O)CCCCCCCCCCCCCCCCCCCCCCCC. The maximum absolute atomic E-state index is 12.8. The minimum atomic E-state index is -5.02. The molecule has 1 aliphatic rings. The number of carbonyl (C=O) groups is 1. The Morgan fingerprint density at radius 3 is 1.31 bits per heavy atom. The number of phosphoric ester groups is 1. The summed E-state index contributed by atoms with van der Waals surface area (Å²) in [6, 6.07) is 0. The van der Waals surface area contributed by atoms with Gasteiger partial charge in [0.25, 0.3) is 0 Å². The Kier molecular flexibility index (Phi) is 38.5. The van der Waals surface area contributed by atoms with Crippen molar-refractivity contribution in [2.45, 2.75) is 275 Å². The van der Waals surface area contributed by atoms with E-state index in [1.807, 2.05) is 0 Å². The molecular formula is C49H95O12P. The van der Waals surface area contributed by atoms with Crippen molar-refractivity contribution in [2.24, 2.45) is 0 Å². The number of allylic oxidation sites excluding steroid dienone is 2. The predicted octanol–water partition coefficient (Wildman–Crippen LogP) is 11.1. The molecule has 0 radical (unpaired) electrons. The molecule has 0 heterocycles. The minimum absolute atomic E-state index is 0.0754. The topological polar surface area (TPSA) is 192 Å². The fraction of sp³-hybridized carbons (Fsp3) is 0.939. The van der Waals surface area contributed by atoms with Crippen molar-refractivity contribution in [3.63, 3.8) is 0 Å². The highest BCUT2D eigenvalue weighted by molar-refractivity contribution is 7.47. The van der Waals surface area contributed by atoms with Gasteiger partial charge in [-0.3, -0.25) is 13.8 Å². The number of esters is 1. The van der Waals surface area contributed by atoms with Gasteiger partial charge in [-0.25, -0.2) is 4.57 Å². The Morgan fingerprint density at radius 1 is 0.500 bits per heavy atom. The lowest BCUT2D eigenvalue weighted by molar-refractivity contribution is -0.220. The van der Waals surface area contributed by atoms with Gasteiger partial charge in [0.2, 0.25) is 0 Å². The highest BCUT2D eigenvalue weighted by Crippen LogP contribution is 2.47. The summed E-state index contributed by atoms with van der Waals surface area (Å²) in [6.07, 6.45) is 32.9. The molecule has 368 valence electrons.